The average Bonchev–Trinajstić information content (AvgIpc) is 2.85. The maximum atomic E-state index is 4.71. The lowest BCUT2D eigenvalue weighted by Gasteiger charge is -2.21. The number of rotatable bonds is 3. The van der Waals surface area contributed by atoms with Gasteiger partial charge in [0.2, 0.25) is 0 Å². The summed E-state index contributed by atoms with van der Waals surface area (Å²) >= 11 is 1.76. The maximum absolute atomic E-state index is 4.71. The van der Waals surface area contributed by atoms with E-state index in [4.69, 9.17) is 4.98 Å². The van der Waals surface area contributed by atoms with Crippen LogP contribution in [0.25, 0.3) is 0 Å². The number of aryl methyl sites for hydroxylation is 3. The van der Waals surface area contributed by atoms with E-state index in [1.165, 1.54) is 10.4 Å². The van der Waals surface area contributed by atoms with E-state index in [9.17, 15) is 0 Å². The molecule has 0 aliphatic carbocycles. The molecule has 0 saturated carbocycles. The Morgan fingerprint density at radius 1 is 1.30 bits per heavy atom. The second kappa shape index (κ2) is 5.30. The monoisotopic (exact) mass is 292 g/mol. The normalized spacial score (nSPS) is 13.8. The van der Waals surface area contributed by atoms with E-state index >= 15 is 0 Å². The first-order chi connectivity index (χ1) is 9.24. The molecule has 2 heterocycles. The Bertz CT molecular complexity index is 584. The Morgan fingerprint density at radius 2 is 1.95 bits per heavy atom. The summed E-state index contributed by atoms with van der Waals surface area (Å²) in [5.74, 6) is 0. The van der Waals surface area contributed by atoms with Crippen LogP contribution < -0.4 is 5.32 Å². The Hall–Kier alpha value is -1.20. The first kappa shape index (κ1) is 15.2. The van der Waals surface area contributed by atoms with Gasteiger partial charge in [-0.05, 0) is 20.9 Å². The summed E-state index contributed by atoms with van der Waals surface area (Å²) in [6, 6.07) is 0.107. The lowest BCUT2D eigenvalue weighted by molar-refractivity contribution is 0.539. The molecule has 20 heavy (non-hydrogen) atoms. The highest BCUT2D eigenvalue weighted by Crippen LogP contribution is 2.33. The summed E-state index contributed by atoms with van der Waals surface area (Å²) < 4.78 is 1.90. The molecule has 1 unspecified atom stereocenters. The van der Waals surface area contributed by atoms with Gasteiger partial charge in [-0.3, -0.25) is 4.68 Å². The second-order valence-electron chi connectivity index (χ2n) is 6.27. The van der Waals surface area contributed by atoms with Gasteiger partial charge in [-0.1, -0.05) is 20.8 Å². The summed E-state index contributed by atoms with van der Waals surface area (Å²) in [4.78, 5) is 5.99. The van der Waals surface area contributed by atoms with Crippen LogP contribution in [0.5, 0.6) is 0 Å². The van der Waals surface area contributed by atoms with Crippen molar-refractivity contribution < 1.29 is 0 Å². The molecule has 0 fully saturated rings. The average molecular weight is 292 g/mol. The third kappa shape index (κ3) is 2.79. The van der Waals surface area contributed by atoms with Crippen LogP contribution >= 0.6 is 11.3 Å². The van der Waals surface area contributed by atoms with Crippen molar-refractivity contribution in [1.29, 1.82) is 0 Å². The van der Waals surface area contributed by atoms with E-state index in [0.29, 0.717) is 0 Å². The number of thiazole rings is 1. The van der Waals surface area contributed by atoms with Crippen molar-refractivity contribution in [3.8, 4) is 0 Å². The van der Waals surface area contributed by atoms with Crippen LogP contribution in [0.15, 0.2) is 6.20 Å². The van der Waals surface area contributed by atoms with Gasteiger partial charge in [0.25, 0.3) is 0 Å². The molecule has 0 radical (unpaired) electrons. The minimum atomic E-state index is 0.0209. The molecule has 0 aliphatic heterocycles. The molecular formula is C15H24N4S. The second-order valence-corrected chi connectivity index (χ2v) is 7.51. The summed E-state index contributed by atoms with van der Waals surface area (Å²) in [6.07, 6.45) is 2.10. The molecule has 0 saturated heterocycles. The highest BCUT2D eigenvalue weighted by atomic mass is 32.1. The Kier molecular flexibility index (Phi) is 4.02. The van der Waals surface area contributed by atoms with Gasteiger partial charge in [0.15, 0.2) is 0 Å². The summed E-state index contributed by atoms with van der Waals surface area (Å²) in [6.45, 7) is 10.8. The molecule has 0 aliphatic rings. The van der Waals surface area contributed by atoms with E-state index in [-0.39, 0.29) is 11.5 Å². The van der Waals surface area contributed by atoms with E-state index < -0.39 is 0 Å². The fourth-order valence-corrected chi connectivity index (χ4v) is 3.39. The van der Waals surface area contributed by atoms with Crippen molar-refractivity contribution in [2.45, 2.75) is 46.1 Å². The molecule has 0 spiro atoms. The zero-order chi connectivity index (χ0) is 15.1. The van der Waals surface area contributed by atoms with Crippen LogP contribution in [0, 0.1) is 13.8 Å². The predicted molar refractivity (Wildman–Crippen MR) is 84.4 cm³/mol. The molecular weight excluding hydrogens is 268 g/mol. The third-order valence-electron chi connectivity index (χ3n) is 3.46. The maximum Gasteiger partial charge on any atom is 0.115 e. The minimum Gasteiger partial charge on any atom is -0.307 e. The van der Waals surface area contributed by atoms with Crippen LogP contribution in [0.4, 0.5) is 0 Å². The van der Waals surface area contributed by atoms with Crippen molar-refractivity contribution in [3.63, 3.8) is 0 Å². The standard InChI is InChI=1S/C15H24N4S/c1-9-10(2)20-14(17-9)12(16-6)11-8-19(7)18-13(11)15(3,4)5/h8,12,16H,1-7H3. The van der Waals surface area contributed by atoms with Gasteiger partial charge in [-0.15, -0.1) is 11.3 Å². The van der Waals surface area contributed by atoms with E-state index in [0.717, 1.165) is 16.4 Å². The van der Waals surface area contributed by atoms with Crippen LogP contribution in [0.2, 0.25) is 0 Å². The lowest BCUT2D eigenvalue weighted by atomic mass is 9.87. The van der Waals surface area contributed by atoms with Crippen molar-refractivity contribution in [2.75, 3.05) is 7.05 Å². The Balaban J connectivity index is 2.52. The predicted octanol–water partition coefficient (Wildman–Crippen LogP) is 3.10. The van der Waals surface area contributed by atoms with Crippen LogP contribution in [-0.2, 0) is 12.5 Å². The topological polar surface area (TPSA) is 42.7 Å². The molecule has 2 rings (SSSR count). The smallest absolute Gasteiger partial charge is 0.115 e. The summed E-state index contributed by atoms with van der Waals surface area (Å²) in [5.41, 5.74) is 3.49. The van der Waals surface area contributed by atoms with E-state index in [1.54, 1.807) is 11.3 Å². The molecule has 0 amide bonds. The quantitative estimate of drug-likeness (QED) is 0.945. The zero-order valence-corrected chi connectivity index (χ0v) is 14.2. The minimum absolute atomic E-state index is 0.0209. The molecule has 5 heteroatoms. The van der Waals surface area contributed by atoms with E-state index in [1.807, 2.05) is 18.8 Å². The van der Waals surface area contributed by atoms with E-state index in [2.05, 4.69) is 51.2 Å². The molecule has 2 aromatic rings. The van der Waals surface area contributed by atoms with Gasteiger partial charge in [0.1, 0.15) is 5.01 Å². The fraction of sp³-hybridized carbons (Fsp3) is 0.600. The fourth-order valence-electron chi connectivity index (χ4n) is 2.33. The Morgan fingerprint density at radius 3 is 2.40 bits per heavy atom. The summed E-state index contributed by atoms with van der Waals surface area (Å²) in [7, 11) is 3.96. The van der Waals surface area contributed by atoms with Crippen LogP contribution in [-0.4, -0.2) is 21.8 Å². The lowest BCUT2D eigenvalue weighted by Crippen LogP contribution is -2.22. The third-order valence-corrected chi connectivity index (χ3v) is 4.60. The van der Waals surface area contributed by atoms with Gasteiger partial charge in [0.05, 0.1) is 17.4 Å². The van der Waals surface area contributed by atoms with Crippen molar-refractivity contribution in [2.24, 2.45) is 7.05 Å². The van der Waals surface area contributed by atoms with Gasteiger partial charge in [0, 0.05) is 29.1 Å². The molecule has 1 N–H and O–H groups in total. The number of nitrogens with zero attached hydrogens (tertiary/aromatic N) is 3. The highest BCUT2D eigenvalue weighted by molar-refractivity contribution is 7.11. The van der Waals surface area contributed by atoms with Gasteiger partial charge in [-0.25, -0.2) is 4.98 Å². The van der Waals surface area contributed by atoms with Gasteiger partial charge >= 0.3 is 0 Å². The number of aromatic nitrogens is 3. The van der Waals surface area contributed by atoms with Crippen molar-refractivity contribution in [1.82, 2.24) is 20.1 Å². The molecule has 2 aromatic heterocycles. The van der Waals surface area contributed by atoms with Crippen molar-refractivity contribution in [3.05, 3.63) is 33.0 Å². The number of hydrogen-bond acceptors (Lipinski definition) is 4. The largest absolute Gasteiger partial charge is 0.307 e. The zero-order valence-electron chi connectivity index (χ0n) is 13.4. The highest BCUT2D eigenvalue weighted by Gasteiger charge is 2.28. The van der Waals surface area contributed by atoms with Crippen LogP contribution in [0.1, 0.15) is 53.6 Å². The molecule has 4 nitrogen and oxygen atoms in total. The molecule has 0 aromatic carbocycles. The number of nitrogens with one attached hydrogen (secondary N) is 1. The number of hydrogen-bond donors (Lipinski definition) is 1. The summed E-state index contributed by atoms with van der Waals surface area (Å²) in [5, 5.41) is 9.17. The molecule has 0 bridgehead atoms. The Labute approximate surface area is 125 Å². The molecule has 110 valence electrons. The first-order valence-electron chi connectivity index (χ1n) is 6.89. The van der Waals surface area contributed by atoms with Gasteiger partial charge in [-0.2, -0.15) is 5.10 Å². The van der Waals surface area contributed by atoms with Crippen molar-refractivity contribution >= 4 is 11.3 Å². The molecule has 1 atom stereocenters. The van der Waals surface area contributed by atoms with Crippen LogP contribution in [0.3, 0.4) is 0 Å². The SMILES string of the molecule is CNC(c1nc(C)c(C)s1)c1cn(C)nc1C(C)(C)C. The van der Waals surface area contributed by atoms with Gasteiger partial charge < -0.3 is 5.32 Å². The first-order valence-corrected chi connectivity index (χ1v) is 7.71.